The second-order valence-corrected chi connectivity index (χ2v) is 8.83. The largest absolute Gasteiger partial charge is 0.493 e. The number of nitrogens with one attached hydrogen (secondary N) is 2. The summed E-state index contributed by atoms with van der Waals surface area (Å²) in [6, 6.07) is 8.32. The summed E-state index contributed by atoms with van der Waals surface area (Å²) in [4.78, 5) is 7.02. The summed E-state index contributed by atoms with van der Waals surface area (Å²) in [6.45, 7) is 10.8. The summed E-state index contributed by atoms with van der Waals surface area (Å²) in [6.07, 6.45) is 5.23. The molecule has 0 bridgehead atoms. The fraction of sp³-hybridized carbons (Fsp3) is 0.696. The highest BCUT2D eigenvalue weighted by Crippen LogP contribution is 2.30. The molecule has 0 spiro atoms. The molecule has 1 aromatic rings. The zero-order valence-electron chi connectivity index (χ0n) is 17.9. The minimum absolute atomic E-state index is 0.695. The van der Waals surface area contributed by atoms with Gasteiger partial charge in [-0.1, -0.05) is 32.0 Å². The number of guanidine groups is 1. The Morgan fingerprint density at radius 1 is 1.18 bits per heavy atom. The molecule has 1 heterocycles. The Hall–Kier alpha value is -1.75. The number of piperidine rings is 1. The smallest absolute Gasteiger partial charge is 0.191 e. The second-order valence-electron chi connectivity index (χ2n) is 8.83. The third-order valence-electron chi connectivity index (χ3n) is 5.60. The Morgan fingerprint density at radius 3 is 2.75 bits per heavy atom. The number of hydrogen-bond acceptors (Lipinski definition) is 3. The fourth-order valence-corrected chi connectivity index (χ4v) is 3.92. The SMILES string of the molecule is CN=C(NCc1ccccc1OCC1CC1)NCC1CCCN(CC(C)C)C1. The molecule has 1 unspecified atom stereocenters. The van der Waals surface area contributed by atoms with Gasteiger partial charge in [-0.2, -0.15) is 0 Å². The first-order chi connectivity index (χ1) is 13.6. The van der Waals surface area contributed by atoms with E-state index < -0.39 is 0 Å². The van der Waals surface area contributed by atoms with Crippen molar-refractivity contribution in [2.75, 3.05) is 39.8 Å². The van der Waals surface area contributed by atoms with E-state index in [2.05, 4.69) is 52.6 Å². The lowest BCUT2D eigenvalue weighted by Gasteiger charge is -2.34. The zero-order valence-corrected chi connectivity index (χ0v) is 17.9. The highest BCUT2D eigenvalue weighted by molar-refractivity contribution is 5.79. The molecular weight excluding hydrogens is 348 g/mol. The molecule has 2 N–H and O–H groups in total. The maximum atomic E-state index is 6.02. The third-order valence-corrected chi connectivity index (χ3v) is 5.60. The molecule has 5 nitrogen and oxygen atoms in total. The van der Waals surface area contributed by atoms with Crippen LogP contribution in [0.5, 0.6) is 5.75 Å². The van der Waals surface area contributed by atoms with Crippen LogP contribution in [0.2, 0.25) is 0 Å². The van der Waals surface area contributed by atoms with Gasteiger partial charge in [-0.05, 0) is 56.0 Å². The first-order valence-corrected chi connectivity index (χ1v) is 11.0. The number of benzene rings is 1. The molecule has 1 aliphatic carbocycles. The topological polar surface area (TPSA) is 48.9 Å². The summed E-state index contributed by atoms with van der Waals surface area (Å²) in [7, 11) is 1.84. The Bertz CT molecular complexity index is 627. The van der Waals surface area contributed by atoms with E-state index in [0.717, 1.165) is 43.2 Å². The zero-order chi connectivity index (χ0) is 19.8. The van der Waals surface area contributed by atoms with Gasteiger partial charge in [0.1, 0.15) is 5.75 Å². The maximum absolute atomic E-state index is 6.02. The third kappa shape index (κ3) is 7.01. The molecule has 156 valence electrons. The van der Waals surface area contributed by atoms with E-state index in [1.165, 1.54) is 50.9 Å². The quantitative estimate of drug-likeness (QED) is 0.504. The second kappa shape index (κ2) is 10.7. The van der Waals surface area contributed by atoms with Crippen LogP contribution in [-0.2, 0) is 6.54 Å². The number of rotatable bonds is 9. The monoisotopic (exact) mass is 386 g/mol. The van der Waals surface area contributed by atoms with Gasteiger partial charge in [-0.3, -0.25) is 4.99 Å². The van der Waals surface area contributed by atoms with Gasteiger partial charge >= 0.3 is 0 Å². The van der Waals surface area contributed by atoms with Gasteiger partial charge < -0.3 is 20.3 Å². The summed E-state index contributed by atoms with van der Waals surface area (Å²) in [5.41, 5.74) is 1.19. The van der Waals surface area contributed by atoms with Crippen molar-refractivity contribution in [3.8, 4) is 5.75 Å². The van der Waals surface area contributed by atoms with E-state index in [9.17, 15) is 0 Å². The van der Waals surface area contributed by atoms with E-state index in [4.69, 9.17) is 4.74 Å². The van der Waals surface area contributed by atoms with Gasteiger partial charge in [0.25, 0.3) is 0 Å². The summed E-state index contributed by atoms with van der Waals surface area (Å²) >= 11 is 0. The molecule has 1 aliphatic heterocycles. The van der Waals surface area contributed by atoms with Crippen molar-refractivity contribution in [3.63, 3.8) is 0 Å². The van der Waals surface area contributed by atoms with Crippen molar-refractivity contribution in [2.24, 2.45) is 22.7 Å². The molecule has 5 heteroatoms. The van der Waals surface area contributed by atoms with Crippen LogP contribution < -0.4 is 15.4 Å². The van der Waals surface area contributed by atoms with Crippen LogP contribution in [0, 0.1) is 17.8 Å². The van der Waals surface area contributed by atoms with Gasteiger partial charge in [0.15, 0.2) is 5.96 Å². The lowest BCUT2D eigenvalue weighted by molar-refractivity contribution is 0.159. The fourth-order valence-electron chi connectivity index (χ4n) is 3.92. The molecule has 1 atom stereocenters. The first-order valence-electron chi connectivity index (χ1n) is 11.0. The Labute approximate surface area is 170 Å². The van der Waals surface area contributed by atoms with Gasteiger partial charge in [0.2, 0.25) is 0 Å². The maximum Gasteiger partial charge on any atom is 0.191 e. The van der Waals surface area contributed by atoms with Crippen LogP contribution in [0.25, 0.3) is 0 Å². The number of hydrogen-bond donors (Lipinski definition) is 2. The molecule has 0 amide bonds. The van der Waals surface area contributed by atoms with Crippen molar-refractivity contribution in [1.82, 2.24) is 15.5 Å². The van der Waals surface area contributed by atoms with Crippen LogP contribution >= 0.6 is 0 Å². The van der Waals surface area contributed by atoms with Crippen molar-refractivity contribution in [3.05, 3.63) is 29.8 Å². The number of para-hydroxylation sites is 1. The molecule has 3 rings (SSSR count). The van der Waals surface area contributed by atoms with Crippen LogP contribution in [0.4, 0.5) is 0 Å². The number of aliphatic imine (C=N–C) groups is 1. The standard InChI is InChI=1S/C23H38N4O/c1-18(2)15-27-12-6-7-20(16-27)13-25-23(24-3)26-14-21-8-4-5-9-22(21)28-17-19-10-11-19/h4-5,8-9,18-20H,6-7,10-17H2,1-3H3,(H2,24,25,26). The van der Waals surface area contributed by atoms with Crippen LogP contribution in [0.3, 0.4) is 0 Å². The van der Waals surface area contributed by atoms with Crippen LogP contribution in [0.1, 0.15) is 45.1 Å². The van der Waals surface area contributed by atoms with E-state index in [1.54, 1.807) is 0 Å². The van der Waals surface area contributed by atoms with E-state index >= 15 is 0 Å². The Morgan fingerprint density at radius 2 is 2.00 bits per heavy atom. The predicted molar refractivity (Wildman–Crippen MR) is 117 cm³/mol. The molecule has 0 aromatic heterocycles. The molecule has 2 aliphatic rings. The van der Waals surface area contributed by atoms with Crippen molar-refractivity contribution in [2.45, 2.75) is 46.1 Å². The van der Waals surface area contributed by atoms with Gasteiger partial charge in [0, 0.05) is 38.8 Å². The minimum atomic E-state index is 0.695. The van der Waals surface area contributed by atoms with Gasteiger partial charge in [-0.15, -0.1) is 0 Å². The highest BCUT2D eigenvalue weighted by atomic mass is 16.5. The number of ether oxygens (including phenoxy) is 1. The van der Waals surface area contributed by atoms with E-state index in [1.807, 2.05) is 13.1 Å². The van der Waals surface area contributed by atoms with E-state index in [-0.39, 0.29) is 0 Å². The molecular formula is C23H38N4O. The Balaban J connectivity index is 1.43. The molecule has 2 fully saturated rings. The molecule has 1 saturated heterocycles. The summed E-state index contributed by atoms with van der Waals surface area (Å²) in [5.74, 6) is 4.07. The summed E-state index contributed by atoms with van der Waals surface area (Å²) < 4.78 is 6.02. The average molecular weight is 387 g/mol. The first kappa shape index (κ1) is 21.0. The van der Waals surface area contributed by atoms with Crippen LogP contribution in [0.15, 0.2) is 29.3 Å². The van der Waals surface area contributed by atoms with Crippen molar-refractivity contribution < 1.29 is 4.74 Å². The van der Waals surface area contributed by atoms with E-state index in [0.29, 0.717) is 5.92 Å². The normalized spacial score (nSPS) is 21.0. The lowest BCUT2D eigenvalue weighted by atomic mass is 9.97. The van der Waals surface area contributed by atoms with Crippen LogP contribution in [-0.4, -0.2) is 50.7 Å². The lowest BCUT2D eigenvalue weighted by Crippen LogP contribution is -2.45. The highest BCUT2D eigenvalue weighted by Gasteiger charge is 2.22. The van der Waals surface area contributed by atoms with Gasteiger partial charge in [0.05, 0.1) is 6.61 Å². The Kier molecular flexibility index (Phi) is 8.01. The molecule has 28 heavy (non-hydrogen) atoms. The van der Waals surface area contributed by atoms with Crippen molar-refractivity contribution >= 4 is 5.96 Å². The van der Waals surface area contributed by atoms with Crippen molar-refractivity contribution in [1.29, 1.82) is 0 Å². The number of likely N-dealkylation sites (tertiary alicyclic amines) is 1. The molecule has 1 saturated carbocycles. The molecule has 0 radical (unpaired) electrons. The van der Waals surface area contributed by atoms with Gasteiger partial charge in [-0.25, -0.2) is 0 Å². The number of nitrogens with zero attached hydrogens (tertiary/aromatic N) is 2. The minimum Gasteiger partial charge on any atom is -0.493 e. The summed E-state index contributed by atoms with van der Waals surface area (Å²) in [5, 5.41) is 6.99. The predicted octanol–water partition coefficient (Wildman–Crippen LogP) is 3.51. The molecule has 1 aromatic carbocycles. The average Bonchev–Trinajstić information content (AvgIpc) is 3.51.